The number of halogens is 1. The van der Waals surface area contributed by atoms with E-state index < -0.39 is 7.26 Å². The summed E-state index contributed by atoms with van der Waals surface area (Å²) in [4.78, 5) is 13.2. The summed E-state index contributed by atoms with van der Waals surface area (Å²) >= 11 is 0. The largest absolute Gasteiger partial charge is 1.00 e. The van der Waals surface area contributed by atoms with E-state index in [-0.39, 0.29) is 28.4 Å². The average Bonchev–Trinajstić information content (AvgIpc) is 3.29. The van der Waals surface area contributed by atoms with Gasteiger partial charge >= 0.3 is 5.97 Å². The van der Waals surface area contributed by atoms with Crippen molar-refractivity contribution in [2.45, 2.75) is 39.3 Å². The molecule has 0 fully saturated rings. The molecule has 182 valence electrons. The van der Waals surface area contributed by atoms with Crippen LogP contribution in [-0.4, -0.2) is 12.6 Å². The van der Waals surface area contributed by atoms with E-state index in [2.05, 4.69) is 93.6 Å². The molecule has 3 aromatic carbocycles. The Kier molecular flexibility index (Phi) is 8.74. The first-order valence-electron chi connectivity index (χ1n) is 11.7. The van der Waals surface area contributed by atoms with Crippen LogP contribution in [0.2, 0.25) is 0 Å². The van der Waals surface area contributed by atoms with Gasteiger partial charge in [-0.1, -0.05) is 75.4 Å². The van der Waals surface area contributed by atoms with Gasteiger partial charge in [-0.25, -0.2) is 4.79 Å². The van der Waals surface area contributed by atoms with Crippen molar-refractivity contribution in [3.63, 3.8) is 0 Å². The standard InChI is InChI=1S/C30H32O3P.BrH/c1-5-32-29(31)28-26(30(2,3)4)21-33-27(28)22-34(23-15-9-6-10-16-23,24-17-11-7-12-18-24)25-19-13-8-14-20-25;/h6-21H,5,22H2,1-4H3;1H/q+1;/p-1. The second kappa shape index (κ2) is 11.4. The molecule has 4 aromatic rings. The molecule has 0 unspecified atom stereocenters. The smallest absolute Gasteiger partial charge is 0.342 e. The molecule has 0 radical (unpaired) electrons. The molecule has 4 rings (SSSR count). The van der Waals surface area contributed by atoms with Crippen LogP contribution in [0.3, 0.4) is 0 Å². The zero-order valence-corrected chi connectivity index (χ0v) is 23.2. The summed E-state index contributed by atoms with van der Waals surface area (Å²) in [5.41, 5.74) is 1.20. The van der Waals surface area contributed by atoms with Crippen LogP contribution in [0.1, 0.15) is 49.4 Å². The van der Waals surface area contributed by atoms with Crippen LogP contribution in [0.25, 0.3) is 0 Å². The first-order valence-corrected chi connectivity index (χ1v) is 13.7. The maximum atomic E-state index is 13.2. The van der Waals surface area contributed by atoms with E-state index >= 15 is 0 Å². The van der Waals surface area contributed by atoms with Crippen molar-refractivity contribution in [1.82, 2.24) is 0 Å². The van der Waals surface area contributed by atoms with Crippen LogP contribution in [-0.2, 0) is 16.3 Å². The lowest BCUT2D eigenvalue weighted by Crippen LogP contribution is -3.00. The van der Waals surface area contributed by atoms with Gasteiger partial charge < -0.3 is 26.1 Å². The van der Waals surface area contributed by atoms with Crippen molar-refractivity contribution in [3.05, 3.63) is 114 Å². The molecule has 1 heterocycles. The fourth-order valence-corrected chi connectivity index (χ4v) is 8.63. The summed E-state index contributed by atoms with van der Waals surface area (Å²) < 4.78 is 11.7. The van der Waals surface area contributed by atoms with Gasteiger partial charge in [-0.3, -0.25) is 0 Å². The lowest BCUT2D eigenvalue weighted by atomic mass is 9.86. The van der Waals surface area contributed by atoms with Gasteiger partial charge in [0.25, 0.3) is 0 Å². The Bertz CT molecular complexity index is 1130. The van der Waals surface area contributed by atoms with Crippen molar-refractivity contribution in [2.24, 2.45) is 0 Å². The third-order valence-corrected chi connectivity index (χ3v) is 10.4. The highest BCUT2D eigenvalue weighted by Gasteiger charge is 2.48. The minimum atomic E-state index is -2.20. The molecule has 35 heavy (non-hydrogen) atoms. The Morgan fingerprint density at radius 2 is 1.23 bits per heavy atom. The van der Waals surface area contributed by atoms with Gasteiger partial charge in [0, 0.05) is 5.56 Å². The molecule has 0 aliphatic heterocycles. The SMILES string of the molecule is CCOC(=O)c1c(C(C)(C)C)coc1C[P+](c1ccccc1)(c1ccccc1)c1ccccc1.[Br-]. The molecule has 0 aliphatic rings. The number of hydrogen-bond donors (Lipinski definition) is 0. The maximum absolute atomic E-state index is 13.2. The molecular weight excluding hydrogens is 519 g/mol. The molecule has 3 nitrogen and oxygen atoms in total. The van der Waals surface area contributed by atoms with Crippen molar-refractivity contribution in [1.29, 1.82) is 0 Å². The van der Waals surface area contributed by atoms with Crippen LogP contribution in [0.15, 0.2) is 102 Å². The van der Waals surface area contributed by atoms with E-state index in [0.29, 0.717) is 24.1 Å². The van der Waals surface area contributed by atoms with Gasteiger partial charge in [0.05, 0.1) is 12.9 Å². The van der Waals surface area contributed by atoms with Gasteiger partial charge in [0.15, 0.2) is 5.76 Å². The summed E-state index contributed by atoms with van der Waals surface area (Å²) in [6, 6.07) is 31.9. The molecular formula is C30H32BrO3P. The normalized spacial score (nSPS) is 11.5. The Morgan fingerprint density at radius 1 is 0.800 bits per heavy atom. The second-order valence-corrected chi connectivity index (χ2v) is 12.9. The Labute approximate surface area is 219 Å². The topological polar surface area (TPSA) is 39.4 Å². The van der Waals surface area contributed by atoms with Gasteiger partial charge in [-0.05, 0) is 48.7 Å². The highest BCUT2D eigenvalue weighted by atomic mass is 79.9. The lowest BCUT2D eigenvalue weighted by Gasteiger charge is -2.27. The van der Waals surface area contributed by atoms with E-state index in [9.17, 15) is 4.79 Å². The van der Waals surface area contributed by atoms with E-state index in [4.69, 9.17) is 9.15 Å². The minimum absolute atomic E-state index is 0. The van der Waals surface area contributed by atoms with Gasteiger partial charge in [0.2, 0.25) is 0 Å². The third kappa shape index (κ3) is 5.44. The monoisotopic (exact) mass is 550 g/mol. The molecule has 0 spiro atoms. The average molecular weight is 551 g/mol. The third-order valence-electron chi connectivity index (χ3n) is 6.13. The number of hydrogen-bond acceptors (Lipinski definition) is 3. The zero-order valence-electron chi connectivity index (χ0n) is 20.7. The Morgan fingerprint density at radius 3 is 1.60 bits per heavy atom. The van der Waals surface area contributed by atoms with Gasteiger partial charge in [0.1, 0.15) is 34.9 Å². The number of esters is 1. The van der Waals surface area contributed by atoms with Crippen molar-refractivity contribution < 1.29 is 30.9 Å². The number of rotatable bonds is 7. The van der Waals surface area contributed by atoms with Crippen LogP contribution in [0.5, 0.6) is 0 Å². The summed E-state index contributed by atoms with van der Waals surface area (Å²) in [6.45, 7) is 8.45. The van der Waals surface area contributed by atoms with E-state index in [0.717, 1.165) is 5.56 Å². The molecule has 0 atom stereocenters. The Hall–Kier alpha value is -2.68. The number of benzene rings is 3. The summed E-state index contributed by atoms with van der Waals surface area (Å²) in [5, 5.41) is 3.74. The molecule has 5 heteroatoms. The van der Waals surface area contributed by atoms with Crippen LogP contribution in [0, 0.1) is 0 Å². The van der Waals surface area contributed by atoms with Crippen molar-refractivity contribution >= 4 is 29.1 Å². The first kappa shape index (κ1) is 26.9. The summed E-state index contributed by atoms with van der Waals surface area (Å²) in [6.07, 6.45) is 2.34. The second-order valence-electron chi connectivity index (χ2n) is 9.39. The fraction of sp³-hybridized carbons (Fsp3) is 0.233. The van der Waals surface area contributed by atoms with E-state index in [1.54, 1.807) is 6.26 Å². The predicted octanol–water partition coefficient (Wildman–Crippen LogP) is 3.25. The summed E-state index contributed by atoms with van der Waals surface area (Å²) in [7, 11) is -2.20. The highest BCUT2D eigenvalue weighted by molar-refractivity contribution is 7.95. The van der Waals surface area contributed by atoms with Crippen LogP contribution >= 0.6 is 7.26 Å². The van der Waals surface area contributed by atoms with Crippen molar-refractivity contribution in [2.75, 3.05) is 6.61 Å². The summed E-state index contributed by atoms with van der Waals surface area (Å²) in [5.74, 6) is 0.372. The number of furan rings is 1. The van der Waals surface area contributed by atoms with Crippen LogP contribution in [0.4, 0.5) is 0 Å². The minimum Gasteiger partial charge on any atom is -1.00 e. The number of ether oxygens (including phenoxy) is 1. The van der Waals surface area contributed by atoms with Crippen molar-refractivity contribution in [3.8, 4) is 0 Å². The van der Waals surface area contributed by atoms with Crippen LogP contribution < -0.4 is 32.9 Å². The van der Waals surface area contributed by atoms with E-state index in [1.165, 1.54) is 15.9 Å². The number of carbonyl (C=O) groups is 1. The number of carbonyl (C=O) groups excluding carboxylic acids is 1. The van der Waals surface area contributed by atoms with Gasteiger partial charge in [-0.2, -0.15) is 0 Å². The molecule has 0 bridgehead atoms. The fourth-order valence-electron chi connectivity index (χ4n) is 4.48. The first-order chi connectivity index (χ1) is 16.4. The molecule has 1 aromatic heterocycles. The van der Waals surface area contributed by atoms with Gasteiger partial charge in [-0.15, -0.1) is 0 Å². The predicted molar refractivity (Wildman–Crippen MR) is 142 cm³/mol. The zero-order chi connectivity index (χ0) is 24.2. The molecule has 0 saturated heterocycles. The maximum Gasteiger partial charge on any atom is 0.342 e. The molecule has 0 aliphatic carbocycles. The molecule has 0 amide bonds. The lowest BCUT2D eigenvalue weighted by molar-refractivity contribution is -0.0000261. The molecule has 0 N–H and O–H groups in total. The quantitative estimate of drug-likeness (QED) is 0.262. The highest BCUT2D eigenvalue weighted by Crippen LogP contribution is 2.59. The Balaban J connectivity index is 0.00000342. The molecule has 0 saturated carbocycles. The van der Waals surface area contributed by atoms with E-state index in [1.807, 2.05) is 25.1 Å².